The Hall–Kier alpha value is -6.84. The minimum absolute atomic E-state index is 0.0626. The summed E-state index contributed by atoms with van der Waals surface area (Å²) in [5.41, 5.74) is 1.86. The largest absolute Gasteiger partial charge is 0.506 e. The van der Waals surface area contributed by atoms with Crippen molar-refractivity contribution in [2.24, 2.45) is 5.92 Å². The van der Waals surface area contributed by atoms with Crippen LogP contribution in [0.4, 0.5) is 0 Å². The third-order valence-corrected chi connectivity index (χ3v) is 12.8. The fourth-order valence-electron chi connectivity index (χ4n) is 8.84. The molecule has 1 saturated carbocycles. The van der Waals surface area contributed by atoms with Crippen LogP contribution in [-0.2, 0) is 32.9 Å². The van der Waals surface area contributed by atoms with Gasteiger partial charge in [0, 0.05) is 47.8 Å². The van der Waals surface area contributed by atoms with Crippen LogP contribution in [0.2, 0.25) is 0 Å². The molecule has 348 valence electrons. The van der Waals surface area contributed by atoms with Crippen LogP contribution in [0.1, 0.15) is 70.0 Å². The third kappa shape index (κ3) is 11.8. The lowest BCUT2D eigenvalue weighted by Crippen LogP contribution is -2.54. The number of hydrogen-bond acceptors (Lipinski definition) is 11. The number of aliphatic hydroxyl groups is 2. The average Bonchev–Trinajstić information content (AvgIpc) is 3.34. The van der Waals surface area contributed by atoms with Crippen molar-refractivity contribution in [3.8, 4) is 11.5 Å². The van der Waals surface area contributed by atoms with Crippen molar-refractivity contribution in [2.75, 3.05) is 39.4 Å². The summed E-state index contributed by atoms with van der Waals surface area (Å²) in [6.45, 7) is 3.44. The number of benzene rings is 5. The number of esters is 1. The molecule has 5 aromatic carbocycles. The summed E-state index contributed by atoms with van der Waals surface area (Å²) in [4.78, 5) is 56.5. The van der Waals surface area contributed by atoms with Gasteiger partial charge < -0.3 is 45.7 Å². The molecule has 1 aromatic heterocycles. The molecule has 14 heteroatoms. The van der Waals surface area contributed by atoms with E-state index in [0.717, 1.165) is 38.0 Å². The number of aromatic amines is 1. The number of hydrogen-bond donors (Lipinski definition) is 7. The minimum Gasteiger partial charge on any atom is -0.506 e. The number of rotatable bonds is 19. The van der Waals surface area contributed by atoms with Crippen molar-refractivity contribution >= 4 is 28.7 Å². The average molecular weight is 908 g/mol. The summed E-state index contributed by atoms with van der Waals surface area (Å²) in [5.74, 6) is -0.886. The molecule has 2 atom stereocenters. The molecule has 0 spiro atoms. The van der Waals surface area contributed by atoms with Crippen LogP contribution in [0.3, 0.4) is 0 Å². The molecule has 2 heterocycles. The molecule has 67 heavy (non-hydrogen) atoms. The van der Waals surface area contributed by atoms with Gasteiger partial charge in [0.25, 0.3) is 11.8 Å². The molecular weight excluding hydrogens is 851 g/mol. The molecule has 8 rings (SSSR count). The lowest BCUT2D eigenvalue weighted by Gasteiger charge is -2.36. The standard InChI is InChI=1S/C53H57N5O9/c59-46-20-18-44(45-19-21-48(61)57-50(45)46)47(60)31-54-25-22-35-14-16-38(17-15-35)51(63)56-42-29-41(30-42)55-49(62)34-66-43-13-7-12-40(28-43)53(65,39-10-5-2-6-11-39)52(64)67-33-37-23-26-58(27-24-37)32-36-8-3-1-4-9-36/h1-21,28,37,41-42,47,54,59-60,65H,22-27,29-34H2,(H,55,62)(H,56,63)(H,57,61)/t41?,42?,47-,53-/m0/s1. The molecule has 1 saturated heterocycles. The van der Waals surface area contributed by atoms with Crippen LogP contribution in [0.25, 0.3) is 10.9 Å². The molecule has 0 bridgehead atoms. The number of nitrogens with one attached hydrogen (secondary N) is 4. The Balaban J connectivity index is 0.751. The normalized spacial score (nSPS) is 17.7. The molecule has 1 aliphatic heterocycles. The van der Waals surface area contributed by atoms with Gasteiger partial charge in [0.15, 0.2) is 6.61 Å². The first kappa shape index (κ1) is 46.7. The van der Waals surface area contributed by atoms with Crippen LogP contribution in [0.5, 0.6) is 11.5 Å². The van der Waals surface area contributed by atoms with Gasteiger partial charge in [0.05, 0.1) is 18.2 Å². The number of pyridine rings is 1. The smallest absolute Gasteiger partial charge is 0.347 e. The van der Waals surface area contributed by atoms with E-state index in [0.29, 0.717) is 53.6 Å². The second-order valence-electron chi connectivity index (χ2n) is 17.6. The van der Waals surface area contributed by atoms with Gasteiger partial charge in [-0.15, -0.1) is 0 Å². The first-order chi connectivity index (χ1) is 32.5. The Kier molecular flexibility index (Phi) is 15.1. The number of nitrogens with zero attached hydrogens (tertiary/aromatic N) is 1. The number of aromatic hydroxyl groups is 1. The SMILES string of the molecule is O=C(COc1cccc([C@](O)(C(=O)OCC2CCN(Cc3ccccc3)CC2)c2ccccc2)c1)NC1CC(NC(=O)c2ccc(CCNC[C@H](O)c3ccc(O)c4[nH]c(=O)ccc34)cc2)C1. The van der Waals surface area contributed by atoms with E-state index in [4.69, 9.17) is 9.47 Å². The Morgan fingerprint density at radius 2 is 1.49 bits per heavy atom. The van der Waals surface area contributed by atoms with Crippen molar-refractivity contribution in [1.82, 2.24) is 25.8 Å². The van der Waals surface area contributed by atoms with E-state index in [1.807, 2.05) is 36.4 Å². The van der Waals surface area contributed by atoms with Gasteiger partial charge in [-0.25, -0.2) is 4.79 Å². The second-order valence-corrected chi connectivity index (χ2v) is 17.6. The maximum Gasteiger partial charge on any atom is 0.347 e. The molecule has 0 radical (unpaired) electrons. The molecule has 1 aliphatic carbocycles. The monoisotopic (exact) mass is 907 g/mol. The van der Waals surface area contributed by atoms with Crippen molar-refractivity contribution in [1.29, 1.82) is 0 Å². The Labute approximate surface area is 389 Å². The number of carbonyl (C=O) groups is 3. The number of carbonyl (C=O) groups excluding carboxylic acids is 3. The van der Waals surface area contributed by atoms with E-state index in [2.05, 4.69) is 38.0 Å². The number of phenolic OH excluding ortho intramolecular Hbond substituents is 1. The number of H-pyrrole nitrogens is 1. The van der Waals surface area contributed by atoms with Crippen molar-refractivity contribution < 1.29 is 39.2 Å². The number of phenols is 1. The Morgan fingerprint density at radius 3 is 2.24 bits per heavy atom. The van der Waals surface area contributed by atoms with Crippen molar-refractivity contribution in [2.45, 2.75) is 62.4 Å². The molecule has 7 N–H and O–H groups in total. The van der Waals surface area contributed by atoms with Gasteiger partial charge in [-0.2, -0.15) is 0 Å². The Morgan fingerprint density at radius 1 is 0.791 bits per heavy atom. The Bertz CT molecular complexity index is 2680. The zero-order valence-electron chi connectivity index (χ0n) is 37.2. The highest BCUT2D eigenvalue weighted by Gasteiger charge is 2.42. The summed E-state index contributed by atoms with van der Waals surface area (Å²) in [7, 11) is 0. The van der Waals surface area contributed by atoms with Crippen LogP contribution in [-0.4, -0.2) is 94.5 Å². The zero-order chi connectivity index (χ0) is 46.8. The highest BCUT2D eigenvalue weighted by atomic mass is 16.5. The highest BCUT2D eigenvalue weighted by molar-refractivity contribution is 5.94. The zero-order valence-corrected chi connectivity index (χ0v) is 37.2. The van der Waals surface area contributed by atoms with Crippen molar-refractivity contribution in [3.63, 3.8) is 0 Å². The second kappa shape index (κ2) is 21.6. The first-order valence-corrected chi connectivity index (χ1v) is 22.9. The van der Waals surface area contributed by atoms with Gasteiger partial charge in [-0.1, -0.05) is 91.0 Å². The lowest BCUT2D eigenvalue weighted by molar-refractivity contribution is -0.164. The van der Waals surface area contributed by atoms with Crippen LogP contribution in [0, 0.1) is 5.92 Å². The number of amides is 2. The number of aromatic nitrogens is 1. The third-order valence-electron chi connectivity index (χ3n) is 12.8. The van der Waals surface area contributed by atoms with E-state index in [-0.39, 0.29) is 72.0 Å². The van der Waals surface area contributed by atoms with Gasteiger partial charge in [0.2, 0.25) is 11.2 Å². The molecule has 2 amide bonds. The number of fused-ring (bicyclic) bond motifs is 1. The quantitative estimate of drug-likeness (QED) is 0.0414. The number of piperidine rings is 1. The van der Waals surface area contributed by atoms with Gasteiger partial charge >= 0.3 is 5.97 Å². The van der Waals surface area contributed by atoms with Gasteiger partial charge in [0.1, 0.15) is 11.5 Å². The predicted octanol–water partition coefficient (Wildman–Crippen LogP) is 5.25. The summed E-state index contributed by atoms with van der Waals surface area (Å²) in [6.07, 6.45) is 2.71. The first-order valence-electron chi connectivity index (χ1n) is 22.9. The fraction of sp³-hybridized carbons (Fsp3) is 0.321. The van der Waals surface area contributed by atoms with Gasteiger partial charge in [-0.3, -0.25) is 19.3 Å². The topological polar surface area (TPSA) is 203 Å². The van der Waals surface area contributed by atoms with Crippen molar-refractivity contribution in [3.05, 3.63) is 177 Å². The number of ether oxygens (including phenoxy) is 2. The summed E-state index contributed by atoms with van der Waals surface area (Å²) in [5, 5.41) is 42.9. The molecule has 2 fully saturated rings. The molecular formula is C53H57N5O9. The van der Waals surface area contributed by atoms with E-state index in [1.165, 1.54) is 17.7 Å². The molecule has 14 nitrogen and oxygen atoms in total. The molecule has 2 aliphatic rings. The van der Waals surface area contributed by atoms with E-state index in [1.54, 1.807) is 72.8 Å². The summed E-state index contributed by atoms with van der Waals surface area (Å²) < 4.78 is 11.7. The molecule has 0 unspecified atom stereocenters. The molecule has 6 aromatic rings. The van der Waals surface area contributed by atoms with Gasteiger partial charge in [-0.05, 0) is 116 Å². The van der Waals surface area contributed by atoms with Crippen LogP contribution in [0.15, 0.2) is 138 Å². The van der Waals surface area contributed by atoms with Crippen LogP contribution < -0.4 is 26.2 Å². The van der Waals surface area contributed by atoms with E-state index in [9.17, 15) is 34.5 Å². The minimum atomic E-state index is -2.10. The highest BCUT2D eigenvalue weighted by Crippen LogP contribution is 2.34. The maximum absolute atomic E-state index is 13.8. The summed E-state index contributed by atoms with van der Waals surface area (Å²) in [6, 6.07) is 38.7. The maximum atomic E-state index is 13.8. The number of aliphatic hydroxyl groups excluding tert-OH is 1. The predicted molar refractivity (Wildman–Crippen MR) is 253 cm³/mol. The van der Waals surface area contributed by atoms with E-state index < -0.39 is 17.7 Å². The number of likely N-dealkylation sites (tertiary alicyclic amines) is 1. The summed E-state index contributed by atoms with van der Waals surface area (Å²) >= 11 is 0. The van der Waals surface area contributed by atoms with E-state index >= 15 is 0 Å². The van der Waals surface area contributed by atoms with Crippen LogP contribution >= 0.6 is 0 Å². The lowest BCUT2D eigenvalue weighted by atomic mass is 9.86. The fourth-order valence-corrected chi connectivity index (χ4v) is 8.84.